The molecule has 1 unspecified atom stereocenters. The third kappa shape index (κ3) is 4.85. The van der Waals surface area contributed by atoms with Gasteiger partial charge < -0.3 is 10.6 Å². The predicted molar refractivity (Wildman–Crippen MR) is 69.9 cm³/mol. The van der Waals surface area contributed by atoms with Crippen LogP contribution in [0.3, 0.4) is 0 Å². The molecule has 2 N–H and O–H groups in total. The van der Waals surface area contributed by atoms with E-state index in [2.05, 4.69) is 20.6 Å². The van der Waals surface area contributed by atoms with Crippen LogP contribution in [0.2, 0.25) is 0 Å². The Balaban J connectivity index is 0.00000128. The third-order valence-corrected chi connectivity index (χ3v) is 2.43. The van der Waals surface area contributed by atoms with Crippen molar-refractivity contribution >= 4 is 30.7 Å². The highest BCUT2D eigenvalue weighted by molar-refractivity contribution is 5.92. The van der Waals surface area contributed by atoms with Crippen LogP contribution >= 0.6 is 24.8 Å². The van der Waals surface area contributed by atoms with Gasteiger partial charge in [0.05, 0.1) is 6.20 Å². The van der Waals surface area contributed by atoms with Crippen molar-refractivity contribution in [2.45, 2.75) is 18.9 Å². The summed E-state index contributed by atoms with van der Waals surface area (Å²) in [6.07, 6.45) is 6.68. The summed E-state index contributed by atoms with van der Waals surface area (Å²) in [5.74, 6) is -0.142. The number of aromatic nitrogens is 2. The third-order valence-electron chi connectivity index (χ3n) is 2.43. The van der Waals surface area contributed by atoms with Crippen molar-refractivity contribution in [1.82, 2.24) is 20.6 Å². The molecule has 1 fully saturated rings. The lowest BCUT2D eigenvalue weighted by Crippen LogP contribution is -2.45. The summed E-state index contributed by atoms with van der Waals surface area (Å²) in [6, 6.07) is 0.216. The first-order valence-corrected chi connectivity index (χ1v) is 5.14. The summed E-state index contributed by atoms with van der Waals surface area (Å²) in [5.41, 5.74) is 0.378. The molecule has 5 nitrogen and oxygen atoms in total. The lowest BCUT2D eigenvalue weighted by atomic mass is 10.1. The maximum Gasteiger partial charge on any atom is 0.271 e. The molecular formula is C10H16Cl2N4O. The number of rotatable bonds is 2. The molecule has 1 saturated heterocycles. The molecule has 0 bridgehead atoms. The van der Waals surface area contributed by atoms with Crippen molar-refractivity contribution in [2.75, 3.05) is 13.1 Å². The molecule has 0 aromatic carbocycles. The summed E-state index contributed by atoms with van der Waals surface area (Å²) in [4.78, 5) is 19.5. The van der Waals surface area contributed by atoms with E-state index in [1.807, 2.05) is 0 Å². The highest BCUT2D eigenvalue weighted by Crippen LogP contribution is 2.02. The minimum Gasteiger partial charge on any atom is -0.347 e. The van der Waals surface area contributed by atoms with Crippen LogP contribution in [0.5, 0.6) is 0 Å². The highest BCUT2D eigenvalue weighted by Gasteiger charge is 2.16. The Hall–Kier alpha value is -0.910. The second kappa shape index (κ2) is 8.22. The van der Waals surface area contributed by atoms with E-state index in [4.69, 9.17) is 0 Å². The summed E-state index contributed by atoms with van der Waals surface area (Å²) < 4.78 is 0. The molecule has 0 saturated carbocycles. The number of halogens is 2. The quantitative estimate of drug-likeness (QED) is 0.840. The average molecular weight is 279 g/mol. The molecule has 7 heteroatoms. The number of amides is 1. The van der Waals surface area contributed by atoms with Crippen LogP contribution in [0.25, 0.3) is 0 Å². The molecule has 0 aliphatic carbocycles. The summed E-state index contributed by atoms with van der Waals surface area (Å²) >= 11 is 0. The van der Waals surface area contributed by atoms with Crippen molar-refractivity contribution in [3.05, 3.63) is 24.3 Å². The normalized spacial score (nSPS) is 18.5. The SMILES string of the molecule is Cl.Cl.O=C(NC1CCCNC1)c1cnccn1. The maximum absolute atomic E-state index is 11.7. The molecule has 0 spiro atoms. The Morgan fingerprint density at radius 3 is 2.82 bits per heavy atom. The predicted octanol–water partition coefficient (Wildman–Crippen LogP) is 0.802. The van der Waals surface area contributed by atoms with Crippen LogP contribution in [0.1, 0.15) is 23.3 Å². The van der Waals surface area contributed by atoms with E-state index in [-0.39, 0.29) is 36.8 Å². The van der Waals surface area contributed by atoms with Crippen LogP contribution in [0.4, 0.5) is 0 Å². The number of carbonyl (C=O) groups is 1. The number of nitrogens with one attached hydrogen (secondary N) is 2. The topological polar surface area (TPSA) is 66.9 Å². The zero-order valence-corrected chi connectivity index (χ0v) is 10.9. The Labute approximate surface area is 113 Å². The lowest BCUT2D eigenvalue weighted by molar-refractivity contribution is 0.0925. The van der Waals surface area contributed by atoms with E-state index in [1.165, 1.54) is 12.4 Å². The Kier molecular flexibility index (Phi) is 7.78. The van der Waals surface area contributed by atoms with E-state index in [0.717, 1.165) is 25.9 Å². The van der Waals surface area contributed by atoms with Gasteiger partial charge in [-0.1, -0.05) is 0 Å². The molecule has 1 aromatic heterocycles. The van der Waals surface area contributed by atoms with Crippen molar-refractivity contribution < 1.29 is 4.79 Å². The van der Waals surface area contributed by atoms with Crippen LogP contribution in [0.15, 0.2) is 18.6 Å². The first-order chi connectivity index (χ1) is 7.36. The highest BCUT2D eigenvalue weighted by atomic mass is 35.5. The molecule has 17 heavy (non-hydrogen) atoms. The van der Waals surface area contributed by atoms with Crippen LogP contribution in [-0.4, -0.2) is 35.0 Å². The van der Waals surface area contributed by atoms with Gasteiger partial charge in [-0.05, 0) is 19.4 Å². The fraction of sp³-hybridized carbons (Fsp3) is 0.500. The maximum atomic E-state index is 11.7. The second-order valence-corrected chi connectivity index (χ2v) is 3.61. The fourth-order valence-corrected chi connectivity index (χ4v) is 1.65. The molecule has 1 aliphatic heterocycles. The summed E-state index contributed by atoms with van der Waals surface area (Å²) in [5, 5.41) is 6.17. The van der Waals surface area contributed by atoms with Gasteiger partial charge in [-0.3, -0.25) is 9.78 Å². The minimum atomic E-state index is -0.142. The van der Waals surface area contributed by atoms with Gasteiger partial charge in [0.2, 0.25) is 0 Å². The average Bonchev–Trinajstić information content (AvgIpc) is 2.31. The Morgan fingerprint density at radius 1 is 1.41 bits per heavy atom. The molecule has 1 atom stereocenters. The van der Waals surface area contributed by atoms with Gasteiger partial charge in [0.15, 0.2) is 0 Å². The fourth-order valence-electron chi connectivity index (χ4n) is 1.65. The van der Waals surface area contributed by atoms with Gasteiger partial charge in [-0.15, -0.1) is 24.8 Å². The molecule has 1 aliphatic rings. The Bertz CT molecular complexity index is 330. The Morgan fingerprint density at radius 2 is 2.24 bits per heavy atom. The van der Waals surface area contributed by atoms with E-state index in [1.54, 1.807) is 6.20 Å². The van der Waals surface area contributed by atoms with Crippen LogP contribution in [-0.2, 0) is 0 Å². The first-order valence-electron chi connectivity index (χ1n) is 5.14. The van der Waals surface area contributed by atoms with Gasteiger partial charge in [0, 0.05) is 25.0 Å². The zero-order chi connectivity index (χ0) is 10.5. The monoisotopic (exact) mass is 278 g/mol. The number of nitrogens with zero attached hydrogens (tertiary/aromatic N) is 2. The molecular weight excluding hydrogens is 263 g/mol. The van der Waals surface area contributed by atoms with Gasteiger partial charge in [0.1, 0.15) is 5.69 Å². The molecule has 2 heterocycles. The van der Waals surface area contributed by atoms with E-state index < -0.39 is 0 Å². The second-order valence-electron chi connectivity index (χ2n) is 3.61. The van der Waals surface area contributed by atoms with Gasteiger partial charge in [-0.25, -0.2) is 4.98 Å². The largest absolute Gasteiger partial charge is 0.347 e. The van der Waals surface area contributed by atoms with Crippen molar-refractivity contribution in [1.29, 1.82) is 0 Å². The lowest BCUT2D eigenvalue weighted by Gasteiger charge is -2.23. The van der Waals surface area contributed by atoms with Crippen molar-refractivity contribution in [3.63, 3.8) is 0 Å². The van der Waals surface area contributed by atoms with Gasteiger partial charge >= 0.3 is 0 Å². The summed E-state index contributed by atoms with van der Waals surface area (Å²) in [6.45, 7) is 1.88. The number of hydrogen-bond donors (Lipinski definition) is 2. The molecule has 1 aromatic rings. The molecule has 96 valence electrons. The zero-order valence-electron chi connectivity index (χ0n) is 9.26. The number of hydrogen-bond acceptors (Lipinski definition) is 4. The van der Waals surface area contributed by atoms with E-state index in [9.17, 15) is 4.79 Å². The van der Waals surface area contributed by atoms with Crippen LogP contribution in [0, 0.1) is 0 Å². The van der Waals surface area contributed by atoms with Gasteiger partial charge in [0.25, 0.3) is 5.91 Å². The minimum absolute atomic E-state index is 0. The molecule has 2 rings (SSSR count). The van der Waals surface area contributed by atoms with E-state index >= 15 is 0 Å². The first kappa shape index (κ1) is 16.1. The molecule has 0 radical (unpaired) electrons. The number of carbonyl (C=O) groups excluding carboxylic acids is 1. The van der Waals surface area contributed by atoms with Gasteiger partial charge in [-0.2, -0.15) is 0 Å². The standard InChI is InChI=1S/C10H14N4O.2ClH/c15-10(9-7-12-4-5-13-9)14-8-2-1-3-11-6-8;;/h4-5,7-8,11H,1-3,6H2,(H,14,15);2*1H. The smallest absolute Gasteiger partial charge is 0.271 e. The number of piperidine rings is 1. The van der Waals surface area contributed by atoms with Crippen LogP contribution < -0.4 is 10.6 Å². The van der Waals surface area contributed by atoms with E-state index in [0.29, 0.717) is 5.69 Å². The van der Waals surface area contributed by atoms with Crippen molar-refractivity contribution in [3.8, 4) is 0 Å². The molecule has 1 amide bonds. The van der Waals surface area contributed by atoms with Crippen molar-refractivity contribution in [2.24, 2.45) is 0 Å². The summed E-state index contributed by atoms with van der Waals surface area (Å²) in [7, 11) is 0.